The summed E-state index contributed by atoms with van der Waals surface area (Å²) in [6.07, 6.45) is -0.585. The summed E-state index contributed by atoms with van der Waals surface area (Å²) < 4.78 is 16.8. The summed E-state index contributed by atoms with van der Waals surface area (Å²) in [6.45, 7) is 1.82. The molecule has 0 saturated heterocycles. The third-order valence-electron chi connectivity index (χ3n) is 5.42. The average Bonchev–Trinajstić information content (AvgIpc) is 3.25. The normalized spacial score (nSPS) is 13.9. The number of amides is 2. The minimum atomic E-state index is -1.22. The van der Waals surface area contributed by atoms with Gasteiger partial charge in [-0.1, -0.05) is 11.6 Å². The number of aromatic carboxylic acids is 1. The molecule has 34 heavy (non-hydrogen) atoms. The van der Waals surface area contributed by atoms with Crippen LogP contribution in [0.4, 0.5) is 5.69 Å². The van der Waals surface area contributed by atoms with E-state index in [4.69, 9.17) is 25.8 Å². The van der Waals surface area contributed by atoms with Gasteiger partial charge in [-0.05, 0) is 48.2 Å². The van der Waals surface area contributed by atoms with Gasteiger partial charge in [0.15, 0.2) is 0 Å². The zero-order chi connectivity index (χ0) is 24.6. The van der Waals surface area contributed by atoms with E-state index < -0.39 is 23.9 Å². The number of carbonyl (C=O) groups is 3. The molecule has 1 aromatic heterocycles. The summed E-state index contributed by atoms with van der Waals surface area (Å²) in [6, 6.07) is 9.96. The summed E-state index contributed by atoms with van der Waals surface area (Å²) in [7, 11) is 3.11. The molecular weight excluding hydrogens is 482 g/mol. The molecule has 3 aromatic rings. The Bertz CT molecular complexity index is 1300. The topological polar surface area (TPSA) is 102 Å². The molecule has 1 aliphatic heterocycles. The van der Waals surface area contributed by atoms with Gasteiger partial charge in [0.25, 0.3) is 5.91 Å². The highest BCUT2D eigenvalue weighted by Crippen LogP contribution is 2.38. The summed E-state index contributed by atoms with van der Waals surface area (Å²) >= 11 is 7.27. The molecular formula is C24H20ClNO7S. The highest BCUT2D eigenvalue weighted by molar-refractivity contribution is 7.12. The highest BCUT2D eigenvalue weighted by Gasteiger charge is 2.37. The van der Waals surface area contributed by atoms with E-state index >= 15 is 0 Å². The van der Waals surface area contributed by atoms with Gasteiger partial charge in [-0.15, -0.1) is 11.3 Å². The fourth-order valence-corrected chi connectivity index (χ4v) is 4.89. The van der Waals surface area contributed by atoms with Crippen molar-refractivity contribution in [3.63, 3.8) is 0 Å². The molecule has 2 heterocycles. The van der Waals surface area contributed by atoms with Crippen LogP contribution in [0.25, 0.3) is 0 Å². The first-order valence-electron chi connectivity index (χ1n) is 10.1. The van der Waals surface area contributed by atoms with Gasteiger partial charge in [-0.25, -0.2) is 9.69 Å². The van der Waals surface area contributed by atoms with Crippen molar-refractivity contribution in [2.24, 2.45) is 0 Å². The minimum absolute atomic E-state index is 0.00831. The zero-order valence-electron chi connectivity index (χ0n) is 18.5. The molecule has 176 valence electrons. The number of halogens is 1. The van der Waals surface area contributed by atoms with Crippen LogP contribution in [0.2, 0.25) is 5.02 Å². The maximum absolute atomic E-state index is 13.2. The number of imide groups is 1. The Hall–Kier alpha value is -3.56. The van der Waals surface area contributed by atoms with Gasteiger partial charge < -0.3 is 19.3 Å². The first-order valence-corrected chi connectivity index (χ1v) is 11.4. The molecule has 1 unspecified atom stereocenters. The molecule has 0 spiro atoms. The van der Waals surface area contributed by atoms with Crippen LogP contribution in [0.1, 0.15) is 44.2 Å². The number of anilines is 1. The number of carbonyl (C=O) groups excluding carboxylic acids is 2. The number of thiophene rings is 1. The van der Waals surface area contributed by atoms with Crippen LogP contribution in [0.5, 0.6) is 17.2 Å². The van der Waals surface area contributed by atoms with Gasteiger partial charge >= 0.3 is 5.97 Å². The van der Waals surface area contributed by atoms with Crippen molar-refractivity contribution < 1.29 is 33.7 Å². The third kappa shape index (κ3) is 4.20. The lowest BCUT2D eigenvalue weighted by Crippen LogP contribution is -2.42. The second-order valence-electron chi connectivity index (χ2n) is 7.46. The van der Waals surface area contributed by atoms with E-state index in [0.717, 1.165) is 21.8 Å². The van der Waals surface area contributed by atoms with Gasteiger partial charge in [0.2, 0.25) is 5.91 Å². The molecule has 8 nitrogen and oxygen atoms in total. The quantitative estimate of drug-likeness (QED) is 0.455. The van der Waals surface area contributed by atoms with Crippen LogP contribution in [0, 0.1) is 0 Å². The molecule has 0 fully saturated rings. The smallest absolute Gasteiger partial charge is 0.346 e. The lowest BCUT2D eigenvalue weighted by Gasteiger charge is -2.27. The van der Waals surface area contributed by atoms with Crippen LogP contribution in [-0.2, 0) is 11.2 Å². The number of carboxylic acids is 1. The minimum Gasteiger partial charge on any atom is -0.497 e. The molecule has 0 aliphatic carbocycles. The summed E-state index contributed by atoms with van der Waals surface area (Å²) in [5.74, 6) is -0.867. The lowest BCUT2D eigenvalue weighted by molar-refractivity contribution is -0.117. The lowest BCUT2D eigenvalue weighted by atomic mass is 10.0. The number of nitrogens with zero attached hydrogens (tertiary/aromatic N) is 1. The largest absolute Gasteiger partial charge is 0.497 e. The molecule has 2 aromatic carbocycles. The number of fused-ring (bicyclic) bond motifs is 1. The molecule has 1 N–H and O–H groups in total. The standard InChI is InChI=1S/C24H20ClNO7S/c1-12(16-9-14(31-2)5-7-19(16)32-3)33-15-4-6-17(25)18(10-15)26-20(27)8-13-11-34-22(24(29)30)21(13)23(26)28/h4-7,9-12H,8H2,1-3H3,(H,29,30). The number of hydrogen-bond acceptors (Lipinski definition) is 7. The Kier molecular flexibility index (Phi) is 6.49. The van der Waals surface area contributed by atoms with E-state index in [0.29, 0.717) is 22.8 Å². The van der Waals surface area contributed by atoms with Crippen molar-refractivity contribution in [1.29, 1.82) is 0 Å². The third-order valence-corrected chi connectivity index (χ3v) is 6.75. The fraction of sp³-hybridized carbons (Fsp3) is 0.208. The Morgan fingerprint density at radius 1 is 1.12 bits per heavy atom. The van der Waals surface area contributed by atoms with Crippen molar-refractivity contribution >= 4 is 46.4 Å². The Morgan fingerprint density at radius 3 is 2.53 bits per heavy atom. The van der Waals surface area contributed by atoms with Gasteiger partial charge in [0, 0.05) is 11.6 Å². The first kappa shape index (κ1) is 23.6. The van der Waals surface area contributed by atoms with Crippen molar-refractivity contribution in [3.8, 4) is 17.2 Å². The van der Waals surface area contributed by atoms with E-state index in [9.17, 15) is 19.5 Å². The summed E-state index contributed by atoms with van der Waals surface area (Å²) in [4.78, 5) is 38.4. The molecule has 10 heteroatoms. The van der Waals surface area contributed by atoms with E-state index in [1.54, 1.807) is 38.5 Å². The number of methoxy groups -OCH3 is 2. The van der Waals surface area contributed by atoms with Crippen LogP contribution in [-0.4, -0.2) is 37.1 Å². The number of hydrogen-bond donors (Lipinski definition) is 1. The number of rotatable bonds is 7. The predicted octanol–water partition coefficient (Wildman–Crippen LogP) is 4.99. The monoisotopic (exact) mass is 501 g/mol. The van der Waals surface area contributed by atoms with Crippen molar-refractivity contribution in [1.82, 2.24) is 0 Å². The SMILES string of the molecule is COc1ccc(OC)c(C(C)Oc2ccc(Cl)c(N3C(=O)Cc4csc(C(=O)O)c4C3=O)c2)c1. The van der Waals surface area contributed by atoms with E-state index in [2.05, 4.69) is 0 Å². The second-order valence-corrected chi connectivity index (χ2v) is 8.75. The average molecular weight is 502 g/mol. The van der Waals surface area contributed by atoms with Crippen molar-refractivity contribution in [3.05, 3.63) is 68.4 Å². The van der Waals surface area contributed by atoms with Crippen molar-refractivity contribution in [2.45, 2.75) is 19.4 Å². The van der Waals surface area contributed by atoms with Gasteiger partial charge in [0.1, 0.15) is 28.2 Å². The maximum Gasteiger partial charge on any atom is 0.346 e. The Morgan fingerprint density at radius 2 is 1.85 bits per heavy atom. The fourth-order valence-electron chi connectivity index (χ4n) is 3.79. The number of ether oxygens (including phenoxy) is 3. The second kappa shape index (κ2) is 9.36. The number of carboxylic acid groups (broad SMARTS) is 1. The summed E-state index contributed by atoms with van der Waals surface area (Å²) in [5.41, 5.74) is 1.26. The zero-order valence-corrected chi connectivity index (χ0v) is 20.0. The molecule has 2 amide bonds. The molecule has 1 atom stereocenters. The number of benzene rings is 2. The molecule has 4 rings (SSSR count). The summed E-state index contributed by atoms with van der Waals surface area (Å²) in [5, 5.41) is 11.1. The van der Waals surface area contributed by atoms with Crippen LogP contribution in [0.15, 0.2) is 41.8 Å². The van der Waals surface area contributed by atoms with E-state index in [-0.39, 0.29) is 27.6 Å². The van der Waals surface area contributed by atoms with Crippen LogP contribution < -0.4 is 19.1 Å². The van der Waals surface area contributed by atoms with Gasteiger partial charge in [0.05, 0.1) is 36.9 Å². The van der Waals surface area contributed by atoms with Crippen LogP contribution in [0.3, 0.4) is 0 Å². The van der Waals surface area contributed by atoms with E-state index in [1.165, 1.54) is 17.5 Å². The van der Waals surface area contributed by atoms with E-state index in [1.807, 2.05) is 6.92 Å². The predicted molar refractivity (Wildman–Crippen MR) is 127 cm³/mol. The molecule has 1 aliphatic rings. The molecule has 0 bridgehead atoms. The maximum atomic E-state index is 13.2. The van der Waals surface area contributed by atoms with Gasteiger partial charge in [-0.3, -0.25) is 9.59 Å². The van der Waals surface area contributed by atoms with Crippen molar-refractivity contribution in [2.75, 3.05) is 19.1 Å². The highest BCUT2D eigenvalue weighted by atomic mass is 35.5. The first-order chi connectivity index (χ1) is 16.2. The molecule has 0 radical (unpaired) electrons. The Balaban J connectivity index is 1.68. The van der Waals surface area contributed by atoms with Crippen LogP contribution >= 0.6 is 22.9 Å². The molecule has 0 saturated carbocycles. The van der Waals surface area contributed by atoms with Gasteiger partial charge in [-0.2, -0.15) is 0 Å². The Labute approximate surface area is 204 Å².